The van der Waals surface area contributed by atoms with Crippen molar-refractivity contribution in [1.82, 2.24) is 15.5 Å². The first kappa shape index (κ1) is 25.0. The number of hydrogen-bond acceptors (Lipinski definition) is 3. The molecule has 1 heterocycles. The normalized spacial score (nSPS) is 22.0. The predicted octanol–water partition coefficient (Wildman–Crippen LogP) is 3.61. The summed E-state index contributed by atoms with van der Waals surface area (Å²) in [4.78, 5) is 7.53. The summed E-state index contributed by atoms with van der Waals surface area (Å²) >= 11 is 0. The fourth-order valence-corrected chi connectivity index (χ4v) is 4.53. The van der Waals surface area contributed by atoms with Gasteiger partial charge in [-0.1, -0.05) is 32.6 Å². The van der Waals surface area contributed by atoms with E-state index in [-0.39, 0.29) is 36.0 Å². The molecule has 1 saturated heterocycles. The van der Waals surface area contributed by atoms with Crippen molar-refractivity contribution in [2.45, 2.75) is 71.6 Å². The number of likely N-dealkylation sites (tertiary alicyclic amines) is 1. The van der Waals surface area contributed by atoms with Gasteiger partial charge in [-0.25, -0.2) is 0 Å². The molecular weight excluding hydrogens is 451 g/mol. The van der Waals surface area contributed by atoms with E-state index in [1.54, 1.807) is 0 Å². The number of nitrogens with one attached hydrogen (secondary N) is 2. The quantitative estimate of drug-likeness (QED) is 0.261. The van der Waals surface area contributed by atoms with Crippen LogP contribution < -0.4 is 10.6 Å². The summed E-state index contributed by atoms with van der Waals surface area (Å²) in [6, 6.07) is 0. The Kier molecular flexibility index (Phi) is 12.9. The molecule has 2 rings (SSSR count). The zero-order valence-electron chi connectivity index (χ0n) is 17.6. The van der Waals surface area contributed by atoms with Crippen molar-refractivity contribution in [2.24, 2.45) is 16.3 Å². The van der Waals surface area contributed by atoms with Crippen LogP contribution in [0.2, 0.25) is 0 Å². The molecule has 0 bridgehead atoms. The van der Waals surface area contributed by atoms with Crippen LogP contribution in [-0.2, 0) is 0 Å². The van der Waals surface area contributed by atoms with Crippen molar-refractivity contribution < 1.29 is 5.11 Å². The Morgan fingerprint density at radius 1 is 1.07 bits per heavy atom. The summed E-state index contributed by atoms with van der Waals surface area (Å²) in [6.45, 7) is 11.1. The molecule has 1 unspecified atom stereocenters. The van der Waals surface area contributed by atoms with Crippen molar-refractivity contribution in [3.63, 3.8) is 0 Å². The molecule has 1 aliphatic heterocycles. The minimum absolute atomic E-state index is 0. The highest BCUT2D eigenvalue weighted by atomic mass is 127. The van der Waals surface area contributed by atoms with Gasteiger partial charge in [0.25, 0.3) is 0 Å². The molecule has 0 aromatic rings. The second kappa shape index (κ2) is 14.0. The molecule has 6 heteroatoms. The van der Waals surface area contributed by atoms with Gasteiger partial charge in [-0.3, -0.25) is 4.99 Å². The number of hydrogen-bond donors (Lipinski definition) is 3. The Bertz CT molecular complexity index is 401. The largest absolute Gasteiger partial charge is 0.396 e. The molecule has 0 spiro atoms. The van der Waals surface area contributed by atoms with Crippen molar-refractivity contribution in [3.8, 4) is 0 Å². The van der Waals surface area contributed by atoms with Crippen molar-refractivity contribution in [2.75, 3.05) is 45.9 Å². The number of guanidine groups is 1. The maximum Gasteiger partial charge on any atom is 0.191 e. The first-order valence-corrected chi connectivity index (χ1v) is 11.0. The fraction of sp³-hybridized carbons (Fsp3) is 0.952. The number of nitrogens with zero attached hydrogens (tertiary/aromatic N) is 2. The number of rotatable bonds is 9. The molecule has 5 nitrogen and oxygen atoms in total. The van der Waals surface area contributed by atoms with Gasteiger partial charge in [-0.2, -0.15) is 0 Å². The van der Waals surface area contributed by atoms with Crippen LogP contribution in [0.3, 0.4) is 0 Å². The van der Waals surface area contributed by atoms with Crippen LogP contribution in [0.4, 0.5) is 0 Å². The molecule has 1 atom stereocenters. The second-order valence-electron chi connectivity index (χ2n) is 8.58. The minimum atomic E-state index is 0. The highest BCUT2D eigenvalue weighted by Gasteiger charge is 2.31. The zero-order valence-corrected chi connectivity index (χ0v) is 20.0. The summed E-state index contributed by atoms with van der Waals surface area (Å²) in [6.07, 6.45) is 11.3. The SMILES string of the molecule is CCNC(=NCC1(CCO)CCCCC1)NCC(C)CN1CCCCC1.I. The molecule has 0 aromatic heterocycles. The van der Waals surface area contributed by atoms with E-state index < -0.39 is 0 Å². The summed E-state index contributed by atoms with van der Waals surface area (Å²) < 4.78 is 0. The minimum Gasteiger partial charge on any atom is -0.396 e. The number of aliphatic imine (C=N–C) groups is 1. The predicted molar refractivity (Wildman–Crippen MR) is 126 cm³/mol. The summed E-state index contributed by atoms with van der Waals surface area (Å²) in [5.74, 6) is 1.57. The standard InChI is InChI=1S/C21H42N4O.HI/c1-3-22-20(23-16-19(2)17-25-13-8-5-9-14-25)24-18-21(12-15-26)10-6-4-7-11-21;/h19,26H,3-18H2,1-2H3,(H2,22,23,24);1H. The highest BCUT2D eigenvalue weighted by Crippen LogP contribution is 2.39. The van der Waals surface area contributed by atoms with Crippen molar-refractivity contribution in [3.05, 3.63) is 0 Å². The molecule has 0 amide bonds. The molecule has 1 saturated carbocycles. The number of aliphatic hydroxyl groups is 1. The van der Waals surface area contributed by atoms with Crippen molar-refractivity contribution >= 4 is 29.9 Å². The van der Waals surface area contributed by atoms with E-state index in [0.29, 0.717) is 5.92 Å². The lowest BCUT2D eigenvalue weighted by molar-refractivity contribution is 0.137. The first-order valence-electron chi connectivity index (χ1n) is 11.0. The smallest absolute Gasteiger partial charge is 0.191 e. The lowest BCUT2D eigenvalue weighted by atomic mass is 9.72. The summed E-state index contributed by atoms with van der Waals surface area (Å²) in [7, 11) is 0. The molecule has 160 valence electrons. The zero-order chi connectivity index (χ0) is 18.7. The lowest BCUT2D eigenvalue weighted by Gasteiger charge is -2.36. The molecule has 27 heavy (non-hydrogen) atoms. The molecular formula is C21H43IN4O. The van der Waals surface area contributed by atoms with Gasteiger partial charge in [-0.15, -0.1) is 24.0 Å². The van der Waals surface area contributed by atoms with E-state index in [1.165, 1.54) is 71.0 Å². The van der Waals surface area contributed by atoms with Crippen LogP contribution in [0.1, 0.15) is 71.6 Å². The molecule has 3 N–H and O–H groups in total. The van der Waals surface area contributed by atoms with Crippen LogP contribution in [0.15, 0.2) is 4.99 Å². The van der Waals surface area contributed by atoms with Gasteiger partial charge in [0.15, 0.2) is 5.96 Å². The van der Waals surface area contributed by atoms with Crippen molar-refractivity contribution in [1.29, 1.82) is 0 Å². The van der Waals surface area contributed by atoms with Crippen LogP contribution in [0.25, 0.3) is 0 Å². The van der Waals surface area contributed by atoms with Crippen LogP contribution in [0.5, 0.6) is 0 Å². The Hall–Kier alpha value is -0.0800. The van der Waals surface area contributed by atoms with E-state index in [4.69, 9.17) is 4.99 Å². The molecule has 0 radical (unpaired) electrons. The maximum atomic E-state index is 9.50. The second-order valence-corrected chi connectivity index (χ2v) is 8.58. The van der Waals surface area contributed by atoms with Gasteiger partial charge in [-0.05, 0) is 63.5 Å². The lowest BCUT2D eigenvalue weighted by Crippen LogP contribution is -2.43. The topological polar surface area (TPSA) is 59.9 Å². The van der Waals surface area contributed by atoms with Gasteiger partial charge in [0, 0.05) is 32.8 Å². The van der Waals surface area contributed by atoms with Crippen LogP contribution in [0, 0.1) is 11.3 Å². The first-order chi connectivity index (χ1) is 12.7. The van der Waals surface area contributed by atoms with E-state index in [1.807, 2.05) is 0 Å². The van der Waals surface area contributed by atoms with E-state index >= 15 is 0 Å². The molecule has 2 fully saturated rings. The summed E-state index contributed by atoms with van der Waals surface area (Å²) in [5.41, 5.74) is 0.217. The molecule has 1 aliphatic carbocycles. The van der Waals surface area contributed by atoms with E-state index in [0.717, 1.165) is 32.0 Å². The van der Waals surface area contributed by atoms with Gasteiger partial charge < -0.3 is 20.6 Å². The van der Waals surface area contributed by atoms with Gasteiger partial charge in [0.2, 0.25) is 0 Å². The summed E-state index contributed by atoms with van der Waals surface area (Å²) in [5, 5.41) is 16.5. The Morgan fingerprint density at radius 3 is 2.37 bits per heavy atom. The maximum absolute atomic E-state index is 9.50. The number of piperidine rings is 1. The van der Waals surface area contributed by atoms with E-state index in [9.17, 15) is 5.11 Å². The third-order valence-electron chi connectivity index (χ3n) is 6.11. The van der Waals surface area contributed by atoms with Gasteiger partial charge >= 0.3 is 0 Å². The van der Waals surface area contributed by atoms with Gasteiger partial charge in [0.05, 0.1) is 0 Å². The Balaban J connectivity index is 0.00000364. The van der Waals surface area contributed by atoms with Gasteiger partial charge in [0.1, 0.15) is 0 Å². The van der Waals surface area contributed by atoms with E-state index in [2.05, 4.69) is 29.4 Å². The third-order valence-corrected chi connectivity index (χ3v) is 6.11. The molecule has 0 aromatic carbocycles. The number of halogens is 1. The third kappa shape index (κ3) is 9.31. The number of aliphatic hydroxyl groups excluding tert-OH is 1. The monoisotopic (exact) mass is 494 g/mol. The molecule has 2 aliphatic rings. The van der Waals surface area contributed by atoms with Crippen LogP contribution >= 0.6 is 24.0 Å². The Labute approximate surface area is 184 Å². The average molecular weight is 495 g/mol. The Morgan fingerprint density at radius 2 is 1.74 bits per heavy atom. The van der Waals surface area contributed by atoms with Crippen LogP contribution in [-0.4, -0.2) is 61.8 Å². The highest BCUT2D eigenvalue weighted by molar-refractivity contribution is 14.0. The average Bonchev–Trinajstić information content (AvgIpc) is 2.66. The fourth-order valence-electron chi connectivity index (χ4n) is 4.53.